The Hall–Kier alpha value is -4.88. The van der Waals surface area contributed by atoms with E-state index in [-0.39, 0.29) is 29.7 Å². The number of hydrogen-bond donors (Lipinski definition) is 3. The summed E-state index contributed by atoms with van der Waals surface area (Å²) in [6, 6.07) is 19.0. The largest absolute Gasteiger partial charge is 0.508 e. The number of amides is 3. The van der Waals surface area contributed by atoms with Crippen LogP contribution in [-0.2, 0) is 19.1 Å². The molecule has 0 radical (unpaired) electrons. The molecular formula is C31H25N3O8S2. The fourth-order valence-corrected chi connectivity index (χ4v) is 7.77. The van der Waals surface area contributed by atoms with Gasteiger partial charge in [-0.15, -0.1) is 0 Å². The zero-order valence-corrected chi connectivity index (χ0v) is 24.8. The first-order valence-electron chi connectivity index (χ1n) is 13.6. The lowest BCUT2D eigenvalue weighted by atomic mass is 9.83. The van der Waals surface area contributed by atoms with Gasteiger partial charge in [0.15, 0.2) is 6.61 Å². The van der Waals surface area contributed by atoms with E-state index in [2.05, 4.69) is 10.3 Å². The predicted molar refractivity (Wildman–Crippen MR) is 163 cm³/mol. The van der Waals surface area contributed by atoms with Crippen molar-refractivity contribution in [3.63, 3.8) is 0 Å². The number of rotatable bonds is 8. The highest BCUT2D eigenvalue weighted by Gasteiger charge is 2.56. The standard InChI is InChI=1S/C31H25N3O8S2/c1-2-41-30(39)17-3-9-19(10-4-17)34-28(37)24-23(25-27(33-31(40)44-25)43-26(24)29(34)38)16-5-13-21(14-6-16)42-15-22(36)32-18-7-11-20(35)12-8-18/h3-14,23-24,26,35H,2,15H2,1H3,(H,32,36)(H,33,40)/t23-,24?,26?/m1/s1. The average Bonchev–Trinajstić information content (AvgIpc) is 3.51. The zero-order valence-electron chi connectivity index (χ0n) is 23.1. The molecule has 2 aliphatic rings. The highest BCUT2D eigenvalue weighted by molar-refractivity contribution is 8.00. The molecule has 3 aromatic carbocycles. The van der Waals surface area contributed by atoms with Crippen molar-refractivity contribution in [3.8, 4) is 11.5 Å². The van der Waals surface area contributed by atoms with Gasteiger partial charge in [0, 0.05) is 16.5 Å². The molecule has 0 spiro atoms. The van der Waals surface area contributed by atoms with Crippen LogP contribution >= 0.6 is 23.1 Å². The van der Waals surface area contributed by atoms with Crippen molar-refractivity contribution in [2.45, 2.75) is 23.1 Å². The van der Waals surface area contributed by atoms with Gasteiger partial charge in [-0.25, -0.2) is 9.69 Å². The number of imide groups is 1. The van der Waals surface area contributed by atoms with Crippen molar-refractivity contribution in [1.29, 1.82) is 0 Å². The molecule has 2 unspecified atom stereocenters. The predicted octanol–water partition coefficient (Wildman–Crippen LogP) is 4.13. The molecule has 3 N–H and O–H groups in total. The third kappa shape index (κ3) is 5.58. The Morgan fingerprint density at radius 3 is 2.34 bits per heavy atom. The highest BCUT2D eigenvalue weighted by Crippen LogP contribution is 2.53. The number of carbonyl (C=O) groups is 4. The van der Waals surface area contributed by atoms with Crippen molar-refractivity contribution >= 4 is 58.2 Å². The monoisotopic (exact) mass is 631 g/mol. The van der Waals surface area contributed by atoms with E-state index in [4.69, 9.17) is 9.47 Å². The number of ether oxygens (including phenoxy) is 2. The number of nitrogens with one attached hydrogen (secondary N) is 2. The zero-order chi connectivity index (χ0) is 31.0. The van der Waals surface area contributed by atoms with E-state index in [1.165, 1.54) is 36.0 Å². The molecule has 3 atom stereocenters. The minimum Gasteiger partial charge on any atom is -0.508 e. The van der Waals surface area contributed by atoms with Gasteiger partial charge in [-0.05, 0) is 73.2 Å². The summed E-state index contributed by atoms with van der Waals surface area (Å²) in [6.45, 7) is 1.67. The van der Waals surface area contributed by atoms with Gasteiger partial charge >= 0.3 is 10.8 Å². The Kier molecular flexibility index (Phi) is 7.97. The number of phenols is 1. The first-order chi connectivity index (χ1) is 21.2. The Labute approximate surface area is 258 Å². The molecule has 44 heavy (non-hydrogen) atoms. The van der Waals surface area contributed by atoms with Crippen molar-refractivity contribution < 1.29 is 33.8 Å². The van der Waals surface area contributed by atoms with E-state index in [1.807, 2.05) is 0 Å². The Morgan fingerprint density at radius 1 is 0.955 bits per heavy atom. The van der Waals surface area contributed by atoms with Crippen molar-refractivity contribution in [1.82, 2.24) is 4.98 Å². The van der Waals surface area contributed by atoms with Crippen LogP contribution in [0.5, 0.6) is 11.5 Å². The Balaban J connectivity index is 1.22. The molecule has 0 saturated carbocycles. The minimum atomic E-state index is -0.779. The summed E-state index contributed by atoms with van der Waals surface area (Å²) >= 11 is 2.18. The van der Waals surface area contributed by atoms with E-state index in [1.54, 1.807) is 55.5 Å². The molecule has 224 valence electrons. The van der Waals surface area contributed by atoms with Crippen LogP contribution < -0.4 is 19.8 Å². The summed E-state index contributed by atoms with van der Waals surface area (Å²) in [4.78, 5) is 68.7. The van der Waals surface area contributed by atoms with Crippen LogP contribution in [0.25, 0.3) is 0 Å². The summed E-state index contributed by atoms with van der Waals surface area (Å²) in [6.07, 6.45) is 0. The van der Waals surface area contributed by atoms with Crippen LogP contribution in [0.2, 0.25) is 0 Å². The second-order valence-corrected chi connectivity index (χ2v) is 12.1. The van der Waals surface area contributed by atoms with Gasteiger partial charge in [0.05, 0.1) is 28.8 Å². The number of H-pyrrole nitrogens is 1. The van der Waals surface area contributed by atoms with Gasteiger partial charge in [0.25, 0.3) is 5.91 Å². The van der Waals surface area contributed by atoms with Gasteiger partial charge in [-0.3, -0.25) is 19.2 Å². The maximum absolute atomic E-state index is 13.9. The second-order valence-electron chi connectivity index (χ2n) is 9.98. The molecule has 0 aliphatic carbocycles. The van der Waals surface area contributed by atoms with Crippen molar-refractivity contribution in [2.24, 2.45) is 5.92 Å². The van der Waals surface area contributed by atoms with Crippen LogP contribution in [0.15, 0.2) is 82.6 Å². The third-order valence-electron chi connectivity index (χ3n) is 7.22. The minimum absolute atomic E-state index is 0.0855. The molecule has 6 rings (SSSR count). The first kappa shape index (κ1) is 29.2. The van der Waals surface area contributed by atoms with Gasteiger partial charge in [-0.1, -0.05) is 35.2 Å². The van der Waals surface area contributed by atoms with E-state index < -0.39 is 34.9 Å². The number of aromatic nitrogens is 1. The molecule has 3 heterocycles. The van der Waals surface area contributed by atoms with Gasteiger partial charge in [0.2, 0.25) is 11.8 Å². The molecule has 0 bridgehead atoms. The number of thioether (sulfide) groups is 1. The van der Waals surface area contributed by atoms with Crippen molar-refractivity contribution in [2.75, 3.05) is 23.4 Å². The summed E-state index contributed by atoms with van der Waals surface area (Å²) in [5, 5.41) is 11.9. The molecule has 11 nitrogen and oxygen atoms in total. The summed E-state index contributed by atoms with van der Waals surface area (Å²) in [5.74, 6) is -2.56. The number of benzene rings is 3. The number of esters is 1. The summed E-state index contributed by atoms with van der Waals surface area (Å²) in [7, 11) is 0. The average molecular weight is 632 g/mol. The molecule has 1 saturated heterocycles. The van der Waals surface area contributed by atoms with Crippen LogP contribution in [0, 0.1) is 5.92 Å². The number of thiazole rings is 1. The Morgan fingerprint density at radius 2 is 1.66 bits per heavy atom. The van der Waals surface area contributed by atoms with Crippen LogP contribution in [-0.4, -0.2) is 52.2 Å². The highest BCUT2D eigenvalue weighted by atomic mass is 32.2. The quantitative estimate of drug-likeness (QED) is 0.148. The third-order valence-corrected chi connectivity index (χ3v) is 9.62. The van der Waals surface area contributed by atoms with Crippen molar-refractivity contribution in [3.05, 3.63) is 98.5 Å². The number of hydrogen-bond acceptors (Lipinski definition) is 10. The fourth-order valence-electron chi connectivity index (χ4n) is 5.25. The lowest BCUT2D eigenvalue weighted by molar-refractivity contribution is -0.122. The van der Waals surface area contributed by atoms with E-state index in [0.717, 1.165) is 16.2 Å². The normalized spacial score (nSPS) is 18.8. The van der Waals surface area contributed by atoms with Gasteiger partial charge < -0.3 is 24.9 Å². The molecule has 4 aromatic rings. The topological polar surface area (TPSA) is 155 Å². The molecule has 1 aromatic heterocycles. The number of nitrogens with zero attached hydrogens (tertiary/aromatic N) is 1. The number of aromatic amines is 1. The summed E-state index contributed by atoms with van der Waals surface area (Å²) < 4.78 is 10.7. The number of carbonyl (C=O) groups excluding carboxylic acids is 4. The van der Waals surface area contributed by atoms with Crippen LogP contribution in [0.1, 0.15) is 33.6 Å². The lowest BCUT2D eigenvalue weighted by Crippen LogP contribution is -2.32. The molecule has 1 fully saturated rings. The smallest absolute Gasteiger partial charge is 0.338 e. The maximum atomic E-state index is 13.9. The fraction of sp³-hybridized carbons (Fsp3) is 0.194. The van der Waals surface area contributed by atoms with E-state index in [0.29, 0.717) is 38.2 Å². The van der Waals surface area contributed by atoms with E-state index >= 15 is 0 Å². The first-order valence-corrected chi connectivity index (χ1v) is 15.3. The Bertz CT molecular complexity index is 1800. The second kappa shape index (κ2) is 12.0. The van der Waals surface area contributed by atoms with E-state index in [9.17, 15) is 29.1 Å². The lowest BCUT2D eigenvalue weighted by Gasteiger charge is -2.29. The SMILES string of the molecule is CCOC(=O)c1ccc(N2C(=O)C3Sc4[nH]c(=O)sc4[C@H](c4ccc(OCC(=O)Nc5ccc(O)cc5)cc4)C3C2=O)cc1. The maximum Gasteiger partial charge on any atom is 0.338 e. The van der Waals surface area contributed by atoms with Gasteiger partial charge in [0.1, 0.15) is 16.7 Å². The number of aromatic hydroxyl groups is 1. The summed E-state index contributed by atoms with van der Waals surface area (Å²) in [5.41, 5.74) is 1.86. The van der Waals surface area contributed by atoms with Crippen LogP contribution in [0.4, 0.5) is 11.4 Å². The molecule has 13 heteroatoms. The number of anilines is 2. The number of fused-ring (bicyclic) bond motifs is 2. The molecule has 3 amide bonds. The molecular weight excluding hydrogens is 606 g/mol. The van der Waals surface area contributed by atoms with Gasteiger partial charge in [-0.2, -0.15) is 0 Å². The number of phenolic OH excluding ortho intramolecular Hbond substituents is 1. The van der Waals surface area contributed by atoms with Crippen LogP contribution in [0.3, 0.4) is 0 Å². The molecule has 2 aliphatic heterocycles.